The quantitative estimate of drug-likeness (QED) is 0.838. The molecule has 1 fully saturated rings. The van der Waals surface area contributed by atoms with Crippen LogP contribution in [0.5, 0.6) is 0 Å². The van der Waals surface area contributed by atoms with E-state index in [9.17, 15) is 9.59 Å². The second-order valence-electron chi connectivity index (χ2n) is 6.29. The van der Waals surface area contributed by atoms with Crippen LogP contribution in [0.15, 0.2) is 36.4 Å². The summed E-state index contributed by atoms with van der Waals surface area (Å²) in [5.74, 6) is 0.507. The lowest BCUT2D eigenvalue weighted by Crippen LogP contribution is -2.22. The summed E-state index contributed by atoms with van der Waals surface area (Å²) in [5.41, 5.74) is 1.24. The summed E-state index contributed by atoms with van der Waals surface area (Å²) >= 11 is 1.72. The monoisotopic (exact) mass is 342 g/mol. The first-order chi connectivity index (χ1) is 11.6. The summed E-state index contributed by atoms with van der Waals surface area (Å²) in [7, 11) is 0. The molecular weight excluding hydrogens is 320 g/mol. The Hall–Kier alpha value is -2.14. The zero-order valence-corrected chi connectivity index (χ0v) is 14.8. The Bertz CT molecular complexity index is 753. The molecule has 0 radical (unpaired) electrons. The maximum Gasteiger partial charge on any atom is 0.251 e. The Labute approximate surface area is 146 Å². The van der Waals surface area contributed by atoms with Crippen molar-refractivity contribution >= 4 is 28.8 Å². The van der Waals surface area contributed by atoms with Crippen LogP contribution in [0, 0.1) is 11.8 Å². The van der Waals surface area contributed by atoms with Crippen molar-refractivity contribution in [3.05, 3.63) is 51.7 Å². The second kappa shape index (κ2) is 7.18. The van der Waals surface area contributed by atoms with E-state index in [0.29, 0.717) is 23.7 Å². The number of hydrogen-bond acceptors (Lipinski definition) is 3. The van der Waals surface area contributed by atoms with Gasteiger partial charge in [0.2, 0.25) is 5.91 Å². The van der Waals surface area contributed by atoms with Crippen molar-refractivity contribution in [2.24, 2.45) is 11.8 Å². The zero-order valence-electron chi connectivity index (χ0n) is 14.0. The largest absolute Gasteiger partial charge is 0.347 e. The third kappa shape index (κ3) is 4.03. The van der Waals surface area contributed by atoms with Gasteiger partial charge in [-0.25, -0.2) is 0 Å². The fraction of sp³-hybridized carbons (Fsp3) is 0.368. The van der Waals surface area contributed by atoms with E-state index in [1.165, 1.54) is 4.88 Å². The van der Waals surface area contributed by atoms with Crippen LogP contribution >= 0.6 is 11.3 Å². The highest BCUT2D eigenvalue weighted by molar-refractivity contribution is 7.11. The van der Waals surface area contributed by atoms with Gasteiger partial charge >= 0.3 is 0 Å². The molecule has 1 aliphatic rings. The van der Waals surface area contributed by atoms with Crippen LogP contribution in [0.1, 0.15) is 40.4 Å². The second-order valence-corrected chi connectivity index (χ2v) is 7.55. The topological polar surface area (TPSA) is 58.2 Å². The minimum Gasteiger partial charge on any atom is -0.347 e. The number of hydrogen-bond donors (Lipinski definition) is 2. The van der Waals surface area contributed by atoms with Crippen molar-refractivity contribution in [3.8, 4) is 0 Å². The highest BCUT2D eigenvalue weighted by Crippen LogP contribution is 2.38. The molecule has 0 spiro atoms. The van der Waals surface area contributed by atoms with Crippen molar-refractivity contribution in [2.45, 2.75) is 33.2 Å². The minimum absolute atomic E-state index is 0.0470. The normalized spacial score (nSPS) is 18.9. The Balaban J connectivity index is 1.58. The van der Waals surface area contributed by atoms with E-state index in [1.54, 1.807) is 29.5 Å². The molecule has 0 saturated heterocycles. The Kier molecular flexibility index (Phi) is 5.00. The van der Waals surface area contributed by atoms with E-state index in [-0.39, 0.29) is 17.7 Å². The van der Waals surface area contributed by atoms with Gasteiger partial charge in [-0.2, -0.15) is 0 Å². The van der Waals surface area contributed by atoms with Gasteiger partial charge in [0.15, 0.2) is 0 Å². The van der Waals surface area contributed by atoms with E-state index in [1.807, 2.05) is 6.07 Å². The fourth-order valence-corrected chi connectivity index (χ4v) is 3.53. The van der Waals surface area contributed by atoms with Gasteiger partial charge < -0.3 is 10.6 Å². The summed E-state index contributed by atoms with van der Waals surface area (Å²) in [5, 5.41) is 5.83. The van der Waals surface area contributed by atoms with Gasteiger partial charge in [0.1, 0.15) is 0 Å². The lowest BCUT2D eigenvalue weighted by Gasteiger charge is -2.08. The number of aryl methyl sites for hydroxylation is 1. The van der Waals surface area contributed by atoms with Crippen molar-refractivity contribution in [3.63, 3.8) is 0 Å². The van der Waals surface area contributed by atoms with Gasteiger partial charge in [-0.1, -0.05) is 19.9 Å². The Morgan fingerprint density at radius 2 is 1.96 bits per heavy atom. The molecule has 1 aromatic heterocycles. The lowest BCUT2D eigenvalue weighted by molar-refractivity contribution is -0.117. The number of thiophene rings is 1. The highest BCUT2D eigenvalue weighted by Gasteiger charge is 2.39. The fourth-order valence-electron chi connectivity index (χ4n) is 2.64. The number of nitrogens with one attached hydrogen (secondary N) is 2. The predicted molar refractivity (Wildman–Crippen MR) is 97.2 cm³/mol. The summed E-state index contributed by atoms with van der Waals surface area (Å²) in [6.07, 6.45) is 1.96. The third-order valence-electron chi connectivity index (χ3n) is 4.33. The molecule has 4 nitrogen and oxygen atoms in total. The molecule has 1 heterocycles. The van der Waals surface area contributed by atoms with Gasteiger partial charge in [-0.05, 0) is 49.1 Å². The molecule has 5 heteroatoms. The summed E-state index contributed by atoms with van der Waals surface area (Å²) in [4.78, 5) is 26.8. The van der Waals surface area contributed by atoms with E-state index >= 15 is 0 Å². The highest BCUT2D eigenvalue weighted by atomic mass is 32.1. The smallest absolute Gasteiger partial charge is 0.251 e. The molecule has 2 atom stereocenters. The van der Waals surface area contributed by atoms with Crippen LogP contribution in [0.4, 0.5) is 5.69 Å². The molecule has 0 aliphatic heterocycles. The summed E-state index contributed by atoms with van der Waals surface area (Å²) in [6.45, 7) is 4.72. The molecule has 1 aromatic carbocycles. The van der Waals surface area contributed by atoms with Crippen molar-refractivity contribution in [2.75, 3.05) is 5.32 Å². The average molecular weight is 342 g/mol. The maximum atomic E-state index is 12.3. The van der Waals surface area contributed by atoms with Gasteiger partial charge in [0, 0.05) is 26.9 Å². The van der Waals surface area contributed by atoms with Crippen LogP contribution in [0.25, 0.3) is 0 Å². The van der Waals surface area contributed by atoms with Crippen LogP contribution in [0.2, 0.25) is 0 Å². The van der Waals surface area contributed by atoms with Crippen molar-refractivity contribution < 1.29 is 9.59 Å². The molecule has 0 bridgehead atoms. The molecule has 24 heavy (non-hydrogen) atoms. The van der Waals surface area contributed by atoms with Gasteiger partial charge in [0.05, 0.1) is 6.54 Å². The van der Waals surface area contributed by atoms with E-state index in [4.69, 9.17) is 0 Å². The Morgan fingerprint density at radius 3 is 2.62 bits per heavy atom. The molecule has 1 saturated carbocycles. The first kappa shape index (κ1) is 16.7. The predicted octanol–water partition coefficient (Wildman–Crippen LogP) is 3.84. The Morgan fingerprint density at radius 1 is 1.21 bits per heavy atom. The van der Waals surface area contributed by atoms with Crippen LogP contribution in [-0.4, -0.2) is 11.8 Å². The first-order valence-electron chi connectivity index (χ1n) is 8.33. The molecule has 2 unspecified atom stereocenters. The minimum atomic E-state index is -0.127. The van der Waals surface area contributed by atoms with Gasteiger partial charge in [-0.15, -0.1) is 11.3 Å². The number of benzene rings is 1. The third-order valence-corrected chi connectivity index (χ3v) is 5.56. The van der Waals surface area contributed by atoms with E-state index in [2.05, 4.69) is 36.6 Å². The standard InChI is InChI=1S/C19H22N2O2S/c1-3-15-7-8-16(24-15)11-20-18(22)13-5-4-6-14(10-13)21-19(23)17-9-12(17)2/h4-8,10,12,17H,3,9,11H2,1-2H3,(H,20,22)(H,21,23). The molecule has 126 valence electrons. The molecule has 2 N–H and O–H groups in total. The van der Waals surface area contributed by atoms with Crippen LogP contribution in [0.3, 0.4) is 0 Å². The summed E-state index contributed by atoms with van der Waals surface area (Å²) in [6, 6.07) is 11.2. The maximum absolute atomic E-state index is 12.3. The number of carbonyl (C=O) groups excluding carboxylic acids is 2. The van der Waals surface area contributed by atoms with Gasteiger partial charge in [-0.3, -0.25) is 9.59 Å². The lowest BCUT2D eigenvalue weighted by atomic mass is 10.2. The van der Waals surface area contributed by atoms with Crippen LogP contribution < -0.4 is 10.6 Å². The van der Waals surface area contributed by atoms with Gasteiger partial charge in [0.25, 0.3) is 5.91 Å². The molecule has 1 aliphatic carbocycles. The zero-order chi connectivity index (χ0) is 17.1. The molecular formula is C19H22N2O2S. The van der Waals surface area contributed by atoms with Crippen molar-refractivity contribution in [1.82, 2.24) is 5.32 Å². The number of amides is 2. The SMILES string of the molecule is CCc1ccc(CNC(=O)c2cccc(NC(=O)C3CC3C)c2)s1. The van der Waals surface area contributed by atoms with Crippen LogP contribution in [-0.2, 0) is 17.8 Å². The number of carbonyl (C=O) groups is 2. The van der Waals surface area contributed by atoms with E-state index in [0.717, 1.165) is 17.7 Å². The number of rotatable bonds is 6. The van der Waals surface area contributed by atoms with Crippen molar-refractivity contribution in [1.29, 1.82) is 0 Å². The molecule has 2 amide bonds. The average Bonchev–Trinajstić information content (AvgIpc) is 3.14. The number of anilines is 1. The summed E-state index contributed by atoms with van der Waals surface area (Å²) < 4.78 is 0. The molecule has 2 aromatic rings. The molecule has 3 rings (SSSR count). The first-order valence-corrected chi connectivity index (χ1v) is 9.15. The van der Waals surface area contributed by atoms with E-state index < -0.39 is 0 Å².